The molecule has 1 aliphatic heterocycles. The van der Waals surface area contributed by atoms with E-state index >= 15 is 0 Å². The average molecular weight is 383 g/mol. The lowest BCUT2D eigenvalue weighted by molar-refractivity contribution is 0.0144. The van der Waals surface area contributed by atoms with Gasteiger partial charge in [-0.1, -0.05) is 0 Å². The summed E-state index contributed by atoms with van der Waals surface area (Å²) < 4.78 is 5.45. The minimum atomic E-state index is -0.440. The van der Waals surface area contributed by atoms with Crippen molar-refractivity contribution in [2.75, 3.05) is 32.7 Å². The first-order valence-electron chi connectivity index (χ1n) is 10.1. The monoisotopic (exact) mass is 382 g/mol. The van der Waals surface area contributed by atoms with Gasteiger partial charge in [0, 0.05) is 43.3 Å². The molecule has 1 fully saturated rings. The molecule has 1 aliphatic rings. The average Bonchev–Trinajstić information content (AvgIpc) is 3.06. The van der Waals surface area contributed by atoms with Crippen LogP contribution >= 0.6 is 0 Å². The maximum absolute atomic E-state index is 12.1. The molecule has 0 unspecified atom stereocenters. The number of aromatic amines is 1. The number of benzene rings is 1. The van der Waals surface area contributed by atoms with Crippen molar-refractivity contribution in [2.24, 2.45) is 0 Å². The van der Waals surface area contributed by atoms with Gasteiger partial charge in [0.05, 0.1) is 11.6 Å². The molecule has 28 heavy (non-hydrogen) atoms. The fourth-order valence-electron chi connectivity index (χ4n) is 3.59. The van der Waals surface area contributed by atoms with Crippen LogP contribution in [0.15, 0.2) is 24.4 Å². The number of ether oxygens (including phenoxy) is 1. The Morgan fingerprint density at radius 3 is 2.64 bits per heavy atom. The molecule has 0 spiro atoms. The quantitative estimate of drug-likeness (QED) is 0.796. The number of nitriles is 1. The van der Waals surface area contributed by atoms with Crippen LogP contribution in [-0.2, 0) is 11.2 Å². The van der Waals surface area contributed by atoms with Gasteiger partial charge in [0.2, 0.25) is 0 Å². The Kier molecular flexibility index (Phi) is 6.25. The van der Waals surface area contributed by atoms with E-state index in [1.54, 1.807) is 4.90 Å². The van der Waals surface area contributed by atoms with Gasteiger partial charge in [0.15, 0.2) is 0 Å². The molecule has 150 valence electrons. The summed E-state index contributed by atoms with van der Waals surface area (Å²) in [6.45, 7) is 10.0. The summed E-state index contributed by atoms with van der Waals surface area (Å²) in [5, 5.41) is 10.3. The van der Waals surface area contributed by atoms with Crippen molar-refractivity contribution in [3.05, 3.63) is 35.5 Å². The zero-order valence-electron chi connectivity index (χ0n) is 17.1. The number of nitrogens with zero attached hydrogens (tertiary/aromatic N) is 3. The van der Waals surface area contributed by atoms with Gasteiger partial charge < -0.3 is 14.6 Å². The number of aryl methyl sites for hydroxylation is 1. The zero-order valence-corrected chi connectivity index (χ0v) is 17.1. The molecule has 1 amide bonds. The SMILES string of the molecule is CC(C)(C)OC(=O)N1CCN(CCCCc2c[nH]c3ccc(C#N)cc23)CC1. The first-order chi connectivity index (χ1) is 13.4. The van der Waals surface area contributed by atoms with Gasteiger partial charge in [-0.25, -0.2) is 4.79 Å². The van der Waals surface area contributed by atoms with Crippen LogP contribution in [-0.4, -0.2) is 59.2 Å². The van der Waals surface area contributed by atoms with Gasteiger partial charge in [0.25, 0.3) is 0 Å². The van der Waals surface area contributed by atoms with E-state index < -0.39 is 5.60 Å². The molecule has 6 nitrogen and oxygen atoms in total. The number of rotatable bonds is 5. The van der Waals surface area contributed by atoms with Gasteiger partial charge in [-0.05, 0) is 70.3 Å². The van der Waals surface area contributed by atoms with Crippen molar-refractivity contribution in [3.8, 4) is 6.07 Å². The molecule has 1 aromatic heterocycles. The Morgan fingerprint density at radius 1 is 1.21 bits per heavy atom. The van der Waals surface area contributed by atoms with Crippen molar-refractivity contribution in [1.29, 1.82) is 5.26 Å². The number of carbonyl (C=O) groups excluding carboxylic acids is 1. The molecule has 3 rings (SSSR count). The van der Waals surface area contributed by atoms with Gasteiger partial charge in [0.1, 0.15) is 5.60 Å². The topological polar surface area (TPSA) is 72.4 Å². The van der Waals surface area contributed by atoms with Crippen LogP contribution < -0.4 is 0 Å². The molecule has 1 N–H and O–H groups in total. The van der Waals surface area contributed by atoms with Crippen molar-refractivity contribution in [3.63, 3.8) is 0 Å². The van der Waals surface area contributed by atoms with E-state index in [1.807, 2.05) is 39.0 Å². The fourth-order valence-corrected chi connectivity index (χ4v) is 3.59. The maximum atomic E-state index is 12.1. The van der Waals surface area contributed by atoms with Gasteiger partial charge in [-0.2, -0.15) is 5.26 Å². The number of fused-ring (bicyclic) bond motifs is 1. The van der Waals surface area contributed by atoms with Crippen molar-refractivity contribution in [1.82, 2.24) is 14.8 Å². The minimum absolute atomic E-state index is 0.205. The Labute approximate surface area is 167 Å². The summed E-state index contributed by atoms with van der Waals surface area (Å²) in [6, 6.07) is 8.00. The predicted octanol–water partition coefficient (Wildman–Crippen LogP) is 3.91. The van der Waals surface area contributed by atoms with E-state index in [9.17, 15) is 4.79 Å². The lowest BCUT2D eigenvalue weighted by atomic mass is 10.1. The van der Waals surface area contributed by atoms with Gasteiger partial charge >= 0.3 is 6.09 Å². The molecule has 1 aromatic carbocycles. The second-order valence-corrected chi connectivity index (χ2v) is 8.45. The first kappa shape index (κ1) is 20.2. The number of piperazine rings is 1. The van der Waals surface area contributed by atoms with Crippen LogP contribution in [0.1, 0.15) is 44.7 Å². The predicted molar refractivity (Wildman–Crippen MR) is 110 cm³/mol. The number of hydrogen-bond donors (Lipinski definition) is 1. The van der Waals surface area contributed by atoms with Crippen LogP contribution in [0.25, 0.3) is 10.9 Å². The number of amides is 1. The molecule has 1 saturated heterocycles. The summed E-state index contributed by atoms with van der Waals surface area (Å²) in [5.41, 5.74) is 2.63. The molecule has 2 heterocycles. The summed E-state index contributed by atoms with van der Waals surface area (Å²) in [6.07, 6.45) is 5.09. The summed E-state index contributed by atoms with van der Waals surface area (Å²) in [4.78, 5) is 19.6. The van der Waals surface area contributed by atoms with E-state index in [-0.39, 0.29) is 6.09 Å². The third-order valence-electron chi connectivity index (χ3n) is 5.09. The Hall–Kier alpha value is -2.52. The first-order valence-corrected chi connectivity index (χ1v) is 10.1. The smallest absolute Gasteiger partial charge is 0.410 e. The lowest BCUT2D eigenvalue weighted by Gasteiger charge is -2.35. The van der Waals surface area contributed by atoms with E-state index in [0.29, 0.717) is 5.56 Å². The summed E-state index contributed by atoms with van der Waals surface area (Å²) >= 11 is 0. The van der Waals surface area contributed by atoms with E-state index in [4.69, 9.17) is 10.00 Å². The van der Waals surface area contributed by atoms with E-state index in [1.165, 1.54) is 5.56 Å². The number of H-pyrrole nitrogens is 1. The highest BCUT2D eigenvalue weighted by atomic mass is 16.6. The van der Waals surface area contributed by atoms with Gasteiger partial charge in [-0.3, -0.25) is 4.90 Å². The maximum Gasteiger partial charge on any atom is 0.410 e. The van der Waals surface area contributed by atoms with Crippen molar-refractivity contribution < 1.29 is 9.53 Å². The molecule has 2 aromatic rings. The van der Waals surface area contributed by atoms with Crippen LogP contribution in [0.3, 0.4) is 0 Å². The Bertz CT molecular complexity index is 852. The largest absolute Gasteiger partial charge is 0.444 e. The molecule has 0 radical (unpaired) electrons. The molecular formula is C22H30N4O2. The molecule has 0 saturated carbocycles. The van der Waals surface area contributed by atoms with Crippen LogP contribution in [0.5, 0.6) is 0 Å². The highest BCUT2D eigenvalue weighted by molar-refractivity contribution is 5.84. The van der Waals surface area contributed by atoms with E-state index in [0.717, 1.165) is 62.9 Å². The Balaban J connectivity index is 1.40. The molecule has 6 heteroatoms. The lowest BCUT2D eigenvalue weighted by Crippen LogP contribution is -2.50. The number of nitrogens with one attached hydrogen (secondary N) is 1. The second-order valence-electron chi connectivity index (χ2n) is 8.45. The van der Waals surface area contributed by atoms with E-state index in [2.05, 4.69) is 22.1 Å². The number of carbonyl (C=O) groups is 1. The third kappa shape index (κ3) is 5.26. The summed E-state index contributed by atoms with van der Waals surface area (Å²) in [7, 11) is 0. The molecular weight excluding hydrogens is 352 g/mol. The molecule has 0 atom stereocenters. The van der Waals surface area contributed by atoms with Crippen LogP contribution in [0.2, 0.25) is 0 Å². The Morgan fingerprint density at radius 2 is 1.96 bits per heavy atom. The molecule has 0 aliphatic carbocycles. The molecule has 0 bridgehead atoms. The third-order valence-corrected chi connectivity index (χ3v) is 5.09. The van der Waals surface area contributed by atoms with Crippen LogP contribution in [0.4, 0.5) is 4.79 Å². The zero-order chi connectivity index (χ0) is 20.1. The normalized spacial score (nSPS) is 15.6. The highest BCUT2D eigenvalue weighted by Gasteiger charge is 2.25. The highest BCUT2D eigenvalue weighted by Crippen LogP contribution is 2.21. The van der Waals surface area contributed by atoms with Gasteiger partial charge in [-0.15, -0.1) is 0 Å². The summed E-state index contributed by atoms with van der Waals surface area (Å²) in [5.74, 6) is 0. The standard InChI is InChI=1S/C22H30N4O2/c1-22(2,3)28-21(27)26-12-10-25(11-13-26)9-5-4-6-18-16-24-20-8-7-17(15-23)14-19(18)20/h7-8,14,16,24H,4-6,9-13H2,1-3H3. The number of aromatic nitrogens is 1. The van der Waals surface area contributed by atoms with Crippen molar-refractivity contribution in [2.45, 2.75) is 45.6 Å². The van der Waals surface area contributed by atoms with Crippen LogP contribution in [0, 0.1) is 11.3 Å². The number of hydrogen-bond acceptors (Lipinski definition) is 4. The fraction of sp³-hybridized carbons (Fsp3) is 0.545. The number of unbranched alkanes of at least 4 members (excludes halogenated alkanes) is 1. The van der Waals surface area contributed by atoms with Crippen molar-refractivity contribution >= 4 is 17.0 Å². The second kappa shape index (κ2) is 8.66. The minimum Gasteiger partial charge on any atom is -0.444 e.